The molecular weight excluding hydrogens is 566 g/mol. The minimum atomic E-state index is -0.985. The molecule has 2 fully saturated rings. The fourth-order valence-corrected chi connectivity index (χ4v) is 6.77. The van der Waals surface area contributed by atoms with Crippen molar-refractivity contribution in [3.8, 4) is 5.75 Å². The van der Waals surface area contributed by atoms with Crippen LogP contribution in [0, 0.1) is 11.8 Å². The largest absolute Gasteiger partial charge is 0.496 e. The van der Waals surface area contributed by atoms with Crippen molar-refractivity contribution < 1.29 is 23.9 Å². The second kappa shape index (κ2) is 13.0. The molecule has 0 radical (unpaired) electrons. The maximum Gasteiger partial charge on any atom is 0.268 e. The molecule has 12 heteroatoms. The minimum absolute atomic E-state index is 0.138. The van der Waals surface area contributed by atoms with E-state index in [1.807, 2.05) is 18.2 Å². The lowest BCUT2D eigenvalue weighted by Crippen LogP contribution is -2.53. The number of benzene rings is 1. The van der Waals surface area contributed by atoms with Crippen LogP contribution in [0.1, 0.15) is 71.7 Å². The Morgan fingerprint density at radius 2 is 1.93 bits per heavy atom. The molecule has 3 amide bonds. The van der Waals surface area contributed by atoms with Crippen molar-refractivity contribution in [2.45, 2.75) is 63.5 Å². The third-order valence-corrected chi connectivity index (χ3v) is 9.19. The molecule has 3 heterocycles. The number of fused-ring (bicyclic) bond motifs is 1. The number of Topliss-reactive ketones (excluding diaryl/α,β-unsaturated/α-hetero) is 1. The van der Waals surface area contributed by atoms with Gasteiger partial charge in [0, 0.05) is 28.7 Å². The predicted molar refractivity (Wildman–Crippen MR) is 156 cm³/mol. The first-order valence-electron chi connectivity index (χ1n) is 14.0. The molecule has 10 nitrogen and oxygen atoms in total. The summed E-state index contributed by atoms with van der Waals surface area (Å²) in [7, 11) is 1.57. The predicted octanol–water partition coefficient (Wildman–Crippen LogP) is 4.25. The standard InChI is InChI=1S/C29H34ClN5O5S/c1-40-23-9-5-8-19-18(23)14-22(32-19)28(39)34-21(12-16-6-3-2-4-7-16)27(38)33-20(13-17-10-11-31-26(17)37)25(36)29-35-24(30)15-41-29/h5,8-9,14-17,20-21,32H,2-4,6-7,10-13H2,1H3,(H,31,37)(H,33,38)(H,34,39)/t17-,20+,21-/m1/s1. The van der Waals surface area contributed by atoms with Gasteiger partial charge in [0.15, 0.2) is 5.01 Å². The average molecular weight is 600 g/mol. The smallest absolute Gasteiger partial charge is 0.268 e. The highest BCUT2D eigenvalue weighted by Gasteiger charge is 2.35. The van der Waals surface area contributed by atoms with Gasteiger partial charge < -0.3 is 25.7 Å². The number of rotatable bonds is 11. The summed E-state index contributed by atoms with van der Waals surface area (Å²) in [6.07, 6.45) is 6.44. The van der Waals surface area contributed by atoms with Crippen LogP contribution in [0.4, 0.5) is 0 Å². The number of nitrogens with zero attached hydrogens (tertiary/aromatic N) is 1. The molecule has 0 unspecified atom stereocenters. The number of thiazole rings is 1. The van der Waals surface area contributed by atoms with Crippen molar-refractivity contribution >= 4 is 57.3 Å². The molecule has 1 aliphatic carbocycles. The quantitative estimate of drug-likeness (QED) is 0.243. The molecule has 3 aromatic rings. The Kier molecular flexibility index (Phi) is 9.24. The number of ether oxygens (including phenoxy) is 1. The number of hydrogen-bond donors (Lipinski definition) is 4. The van der Waals surface area contributed by atoms with Gasteiger partial charge in [-0.15, -0.1) is 11.3 Å². The number of halogens is 1. The lowest BCUT2D eigenvalue weighted by atomic mass is 9.84. The van der Waals surface area contributed by atoms with E-state index in [4.69, 9.17) is 16.3 Å². The Balaban J connectivity index is 1.37. The molecular formula is C29H34ClN5O5S. The summed E-state index contributed by atoms with van der Waals surface area (Å²) in [5, 5.41) is 11.3. The number of hydrogen-bond acceptors (Lipinski definition) is 7. The fourth-order valence-electron chi connectivity index (χ4n) is 5.83. The molecule has 2 aliphatic rings. The molecule has 3 atom stereocenters. The van der Waals surface area contributed by atoms with Crippen LogP contribution < -0.4 is 20.7 Å². The Bertz CT molecular complexity index is 1430. The highest BCUT2D eigenvalue weighted by atomic mass is 35.5. The van der Waals surface area contributed by atoms with Crippen LogP contribution in [0.2, 0.25) is 5.15 Å². The van der Waals surface area contributed by atoms with E-state index in [0.29, 0.717) is 30.8 Å². The third-order valence-electron chi connectivity index (χ3n) is 8.01. The number of H-pyrrole nitrogens is 1. The number of amides is 3. The van der Waals surface area contributed by atoms with Gasteiger partial charge in [0.05, 0.1) is 13.2 Å². The number of methoxy groups -OCH3 is 1. The molecule has 4 N–H and O–H groups in total. The van der Waals surface area contributed by atoms with Crippen LogP contribution in [-0.2, 0) is 9.59 Å². The molecule has 218 valence electrons. The molecule has 5 rings (SSSR count). The molecule has 0 spiro atoms. The summed E-state index contributed by atoms with van der Waals surface area (Å²) < 4.78 is 5.42. The van der Waals surface area contributed by atoms with E-state index >= 15 is 0 Å². The van der Waals surface area contributed by atoms with Crippen molar-refractivity contribution in [1.82, 2.24) is 25.9 Å². The number of aromatic amines is 1. The van der Waals surface area contributed by atoms with E-state index in [9.17, 15) is 19.2 Å². The number of carbonyl (C=O) groups excluding carboxylic acids is 4. The normalized spacial score (nSPS) is 19.0. The van der Waals surface area contributed by atoms with Crippen LogP contribution in [-0.4, -0.2) is 59.2 Å². The van der Waals surface area contributed by atoms with Gasteiger partial charge in [0.1, 0.15) is 22.6 Å². The maximum atomic E-state index is 13.8. The Hall–Kier alpha value is -3.44. The number of ketones is 1. The topological polar surface area (TPSA) is 142 Å². The van der Waals surface area contributed by atoms with Gasteiger partial charge in [-0.1, -0.05) is 49.8 Å². The van der Waals surface area contributed by atoms with Crippen molar-refractivity contribution in [3.63, 3.8) is 0 Å². The fraction of sp³-hybridized carbons (Fsp3) is 0.483. The monoisotopic (exact) mass is 599 g/mol. The van der Waals surface area contributed by atoms with Crippen molar-refractivity contribution in [3.05, 3.63) is 45.5 Å². The molecule has 1 saturated heterocycles. The second-order valence-electron chi connectivity index (χ2n) is 10.8. The molecule has 41 heavy (non-hydrogen) atoms. The van der Waals surface area contributed by atoms with Gasteiger partial charge in [-0.2, -0.15) is 0 Å². The van der Waals surface area contributed by atoms with E-state index in [2.05, 4.69) is 25.9 Å². The van der Waals surface area contributed by atoms with Gasteiger partial charge in [0.2, 0.25) is 17.6 Å². The first-order chi connectivity index (χ1) is 19.8. The van der Waals surface area contributed by atoms with E-state index in [-0.39, 0.29) is 28.4 Å². The first-order valence-corrected chi connectivity index (χ1v) is 15.3. The summed E-state index contributed by atoms with van der Waals surface area (Å²) in [6.45, 7) is 0.525. The lowest BCUT2D eigenvalue weighted by Gasteiger charge is -2.28. The van der Waals surface area contributed by atoms with Crippen LogP contribution >= 0.6 is 22.9 Å². The summed E-state index contributed by atoms with van der Waals surface area (Å²) in [5.41, 5.74) is 1.05. The maximum absolute atomic E-state index is 13.8. The summed E-state index contributed by atoms with van der Waals surface area (Å²) in [4.78, 5) is 60.2. The number of aromatic nitrogens is 2. The zero-order chi connectivity index (χ0) is 28.9. The van der Waals surface area contributed by atoms with Crippen LogP contribution in [0.25, 0.3) is 10.9 Å². The second-order valence-corrected chi connectivity index (χ2v) is 12.0. The SMILES string of the molecule is COc1cccc2[nH]c(C(=O)N[C@H](CC3CCCCC3)C(=O)N[C@@H](C[C@H]3CCNC3=O)C(=O)c3nc(Cl)cs3)cc12. The van der Waals surface area contributed by atoms with Gasteiger partial charge in [-0.05, 0) is 43.4 Å². The molecule has 1 aliphatic heterocycles. The van der Waals surface area contributed by atoms with E-state index < -0.39 is 35.6 Å². The number of nitrogens with one attached hydrogen (secondary N) is 4. The zero-order valence-electron chi connectivity index (χ0n) is 22.8. The van der Waals surface area contributed by atoms with Crippen molar-refractivity contribution in [1.29, 1.82) is 0 Å². The first kappa shape index (κ1) is 29.1. The highest BCUT2D eigenvalue weighted by Crippen LogP contribution is 2.29. The van der Waals surface area contributed by atoms with Crippen LogP contribution in [0.3, 0.4) is 0 Å². The lowest BCUT2D eigenvalue weighted by molar-refractivity contribution is -0.125. The van der Waals surface area contributed by atoms with E-state index in [1.165, 1.54) is 0 Å². The Labute approximate surface area is 247 Å². The van der Waals surface area contributed by atoms with Gasteiger partial charge in [-0.3, -0.25) is 19.2 Å². The van der Waals surface area contributed by atoms with Crippen molar-refractivity contribution in [2.24, 2.45) is 11.8 Å². The van der Waals surface area contributed by atoms with Gasteiger partial charge in [-0.25, -0.2) is 4.98 Å². The minimum Gasteiger partial charge on any atom is -0.496 e. The van der Waals surface area contributed by atoms with Crippen molar-refractivity contribution in [2.75, 3.05) is 13.7 Å². The van der Waals surface area contributed by atoms with Gasteiger partial charge in [0.25, 0.3) is 5.91 Å². The van der Waals surface area contributed by atoms with Crippen LogP contribution in [0.5, 0.6) is 5.75 Å². The zero-order valence-corrected chi connectivity index (χ0v) is 24.4. The molecule has 1 saturated carbocycles. The molecule has 0 bridgehead atoms. The summed E-state index contributed by atoms with van der Waals surface area (Å²) in [6, 6.07) is 5.34. The van der Waals surface area contributed by atoms with E-state index in [0.717, 1.165) is 54.3 Å². The number of carbonyl (C=O) groups is 4. The Morgan fingerprint density at radius 1 is 1.12 bits per heavy atom. The summed E-state index contributed by atoms with van der Waals surface area (Å²) >= 11 is 7.06. The van der Waals surface area contributed by atoms with Crippen LogP contribution in [0.15, 0.2) is 29.6 Å². The average Bonchev–Trinajstić information content (AvgIpc) is 3.72. The summed E-state index contributed by atoms with van der Waals surface area (Å²) in [5.74, 6) is -0.937. The van der Waals surface area contributed by atoms with Gasteiger partial charge >= 0.3 is 0 Å². The van der Waals surface area contributed by atoms with E-state index in [1.54, 1.807) is 18.6 Å². The molecule has 2 aromatic heterocycles. The molecule has 1 aromatic carbocycles. The highest BCUT2D eigenvalue weighted by molar-refractivity contribution is 7.12. The third kappa shape index (κ3) is 6.90. The Morgan fingerprint density at radius 3 is 2.61 bits per heavy atom.